The Labute approximate surface area is 78.9 Å². The van der Waals surface area contributed by atoms with Crippen LogP contribution in [0.5, 0.6) is 5.75 Å². The minimum Gasteiger partial charge on any atom is -0.496 e. The minimum absolute atomic E-state index is 0.107. The molecule has 3 heteroatoms. The van der Waals surface area contributed by atoms with Crippen LogP contribution in [-0.4, -0.2) is 14.2 Å². The van der Waals surface area contributed by atoms with E-state index < -0.39 is 0 Å². The number of hydrogen-bond donors (Lipinski definition) is 2. The molecule has 3 nitrogen and oxygen atoms in total. The first-order valence-electron chi connectivity index (χ1n) is 4.26. The number of rotatable bonds is 3. The molecule has 1 rings (SSSR count). The Hall–Kier alpha value is -1.06. The van der Waals surface area contributed by atoms with Gasteiger partial charge in [0.1, 0.15) is 5.75 Å². The molecule has 0 aliphatic heterocycles. The summed E-state index contributed by atoms with van der Waals surface area (Å²) in [5.41, 5.74) is 7.98. The average molecular weight is 180 g/mol. The molecule has 0 radical (unpaired) electrons. The summed E-state index contributed by atoms with van der Waals surface area (Å²) in [5, 5.41) is 2.98. The molecule has 0 heterocycles. The zero-order chi connectivity index (χ0) is 9.84. The smallest absolute Gasteiger partial charge is 0.121 e. The molecule has 0 fully saturated rings. The van der Waals surface area contributed by atoms with Crippen molar-refractivity contribution < 1.29 is 4.74 Å². The van der Waals surface area contributed by atoms with Gasteiger partial charge >= 0.3 is 0 Å². The topological polar surface area (TPSA) is 47.3 Å². The third-order valence-corrected chi connectivity index (χ3v) is 2.09. The van der Waals surface area contributed by atoms with Crippen LogP contribution in [0, 0.1) is 6.92 Å². The van der Waals surface area contributed by atoms with Crippen molar-refractivity contribution >= 4 is 0 Å². The van der Waals surface area contributed by atoms with E-state index in [0.717, 1.165) is 16.9 Å². The number of ether oxygens (including phenoxy) is 1. The largest absolute Gasteiger partial charge is 0.496 e. The molecule has 0 aliphatic rings. The summed E-state index contributed by atoms with van der Waals surface area (Å²) < 4.78 is 5.15. The molecular formula is C10H16N2O. The summed E-state index contributed by atoms with van der Waals surface area (Å²) in [7, 11) is 3.50. The van der Waals surface area contributed by atoms with Crippen molar-refractivity contribution in [2.45, 2.75) is 13.1 Å². The third kappa shape index (κ3) is 2.20. The Balaban J connectivity index is 2.95. The fourth-order valence-electron chi connectivity index (χ4n) is 1.26. The van der Waals surface area contributed by atoms with Gasteiger partial charge < -0.3 is 15.8 Å². The normalized spacial score (nSPS) is 12.6. The van der Waals surface area contributed by atoms with Crippen LogP contribution in [0.1, 0.15) is 17.3 Å². The van der Waals surface area contributed by atoms with E-state index in [-0.39, 0.29) is 6.17 Å². The summed E-state index contributed by atoms with van der Waals surface area (Å²) in [6.07, 6.45) is -0.107. The van der Waals surface area contributed by atoms with Crippen LogP contribution in [0.4, 0.5) is 0 Å². The Bertz CT molecular complexity index is 286. The molecule has 1 unspecified atom stereocenters. The Morgan fingerprint density at radius 1 is 1.46 bits per heavy atom. The second kappa shape index (κ2) is 4.25. The number of benzene rings is 1. The van der Waals surface area contributed by atoms with Crippen LogP contribution in [0.2, 0.25) is 0 Å². The lowest BCUT2D eigenvalue weighted by atomic mass is 10.1. The molecule has 1 aromatic carbocycles. The van der Waals surface area contributed by atoms with Gasteiger partial charge in [-0.25, -0.2) is 0 Å². The van der Waals surface area contributed by atoms with E-state index in [2.05, 4.69) is 5.32 Å². The van der Waals surface area contributed by atoms with E-state index in [4.69, 9.17) is 10.5 Å². The van der Waals surface area contributed by atoms with Gasteiger partial charge in [0.2, 0.25) is 0 Å². The van der Waals surface area contributed by atoms with Crippen LogP contribution >= 0.6 is 0 Å². The Morgan fingerprint density at radius 2 is 2.15 bits per heavy atom. The highest BCUT2D eigenvalue weighted by Gasteiger charge is 2.04. The predicted molar refractivity (Wildman–Crippen MR) is 53.7 cm³/mol. The Kier molecular flexibility index (Phi) is 3.28. The molecule has 0 aromatic heterocycles. The lowest BCUT2D eigenvalue weighted by Crippen LogP contribution is -2.24. The maximum atomic E-state index is 5.80. The van der Waals surface area contributed by atoms with Crippen LogP contribution in [0.3, 0.4) is 0 Å². The lowest BCUT2D eigenvalue weighted by Gasteiger charge is -2.12. The molecule has 1 aromatic rings. The summed E-state index contributed by atoms with van der Waals surface area (Å²) in [5.74, 6) is 0.895. The van der Waals surface area contributed by atoms with Gasteiger partial charge in [-0.05, 0) is 37.2 Å². The van der Waals surface area contributed by atoms with Crippen molar-refractivity contribution in [3.05, 3.63) is 29.3 Å². The summed E-state index contributed by atoms with van der Waals surface area (Å²) in [4.78, 5) is 0. The van der Waals surface area contributed by atoms with Crippen molar-refractivity contribution in [1.82, 2.24) is 5.32 Å². The number of hydrogen-bond acceptors (Lipinski definition) is 3. The number of nitrogens with two attached hydrogens (primary N) is 1. The van der Waals surface area contributed by atoms with Crippen LogP contribution in [-0.2, 0) is 0 Å². The summed E-state index contributed by atoms with van der Waals surface area (Å²) in [6.45, 7) is 2.00. The molecule has 0 saturated heterocycles. The number of aryl methyl sites for hydroxylation is 1. The molecular weight excluding hydrogens is 164 g/mol. The minimum atomic E-state index is -0.107. The SMILES string of the molecule is CNC(N)c1ccc(OC)c(C)c1. The van der Waals surface area contributed by atoms with E-state index in [1.54, 1.807) is 7.11 Å². The molecule has 72 valence electrons. The van der Waals surface area contributed by atoms with Crippen molar-refractivity contribution in [2.24, 2.45) is 5.73 Å². The lowest BCUT2D eigenvalue weighted by molar-refractivity contribution is 0.411. The van der Waals surface area contributed by atoms with Gasteiger partial charge in [0.05, 0.1) is 13.3 Å². The van der Waals surface area contributed by atoms with Gasteiger partial charge in [0.15, 0.2) is 0 Å². The van der Waals surface area contributed by atoms with Crippen molar-refractivity contribution in [3.63, 3.8) is 0 Å². The van der Waals surface area contributed by atoms with Crippen LogP contribution in [0.15, 0.2) is 18.2 Å². The molecule has 0 bridgehead atoms. The van der Waals surface area contributed by atoms with E-state index >= 15 is 0 Å². The first-order chi connectivity index (χ1) is 6.19. The molecule has 1 atom stereocenters. The highest BCUT2D eigenvalue weighted by Crippen LogP contribution is 2.20. The van der Waals surface area contributed by atoms with Crippen molar-refractivity contribution in [1.29, 1.82) is 0 Å². The van der Waals surface area contributed by atoms with Gasteiger partial charge in [-0.15, -0.1) is 0 Å². The summed E-state index contributed by atoms with van der Waals surface area (Å²) in [6, 6.07) is 5.93. The molecule has 3 N–H and O–H groups in total. The van der Waals surface area contributed by atoms with Crippen molar-refractivity contribution in [3.8, 4) is 5.75 Å². The first-order valence-corrected chi connectivity index (χ1v) is 4.26. The highest BCUT2D eigenvalue weighted by molar-refractivity contribution is 5.37. The zero-order valence-electron chi connectivity index (χ0n) is 8.29. The Morgan fingerprint density at radius 3 is 2.62 bits per heavy atom. The van der Waals surface area contributed by atoms with E-state index in [1.165, 1.54) is 0 Å². The van der Waals surface area contributed by atoms with Gasteiger partial charge in [0, 0.05) is 0 Å². The monoisotopic (exact) mass is 180 g/mol. The molecule has 0 aliphatic carbocycles. The predicted octanol–water partition coefficient (Wildman–Crippen LogP) is 1.18. The molecule has 0 amide bonds. The fraction of sp³-hybridized carbons (Fsp3) is 0.400. The molecule has 0 saturated carbocycles. The highest BCUT2D eigenvalue weighted by atomic mass is 16.5. The maximum absolute atomic E-state index is 5.80. The van der Waals surface area contributed by atoms with Crippen LogP contribution < -0.4 is 15.8 Å². The van der Waals surface area contributed by atoms with E-state index in [0.29, 0.717) is 0 Å². The number of nitrogens with one attached hydrogen (secondary N) is 1. The maximum Gasteiger partial charge on any atom is 0.121 e. The number of methoxy groups -OCH3 is 1. The van der Waals surface area contributed by atoms with Crippen molar-refractivity contribution in [2.75, 3.05) is 14.2 Å². The van der Waals surface area contributed by atoms with Crippen LogP contribution in [0.25, 0.3) is 0 Å². The van der Waals surface area contributed by atoms with E-state index in [1.807, 2.05) is 32.2 Å². The van der Waals surface area contributed by atoms with Gasteiger partial charge in [0.25, 0.3) is 0 Å². The fourth-order valence-corrected chi connectivity index (χ4v) is 1.26. The zero-order valence-corrected chi connectivity index (χ0v) is 8.29. The second-order valence-electron chi connectivity index (χ2n) is 3.00. The standard InChI is InChI=1S/C10H16N2O/c1-7-6-8(10(11)12-2)4-5-9(7)13-3/h4-6,10,12H,11H2,1-3H3. The van der Waals surface area contributed by atoms with Gasteiger partial charge in [-0.3, -0.25) is 0 Å². The second-order valence-corrected chi connectivity index (χ2v) is 3.00. The quantitative estimate of drug-likeness (QED) is 0.687. The molecule has 0 spiro atoms. The van der Waals surface area contributed by atoms with Gasteiger partial charge in [-0.2, -0.15) is 0 Å². The third-order valence-electron chi connectivity index (χ3n) is 2.09. The summed E-state index contributed by atoms with van der Waals surface area (Å²) >= 11 is 0. The van der Waals surface area contributed by atoms with E-state index in [9.17, 15) is 0 Å². The van der Waals surface area contributed by atoms with Gasteiger partial charge in [-0.1, -0.05) is 6.07 Å². The molecule has 13 heavy (non-hydrogen) atoms. The first kappa shape index (κ1) is 10.0. The average Bonchev–Trinajstić information content (AvgIpc) is 2.16.